The highest BCUT2D eigenvalue weighted by atomic mass is 19.1. The molecule has 0 aliphatic rings. The molecule has 2 rings (SSSR count). The summed E-state index contributed by atoms with van der Waals surface area (Å²) >= 11 is 0. The van der Waals surface area contributed by atoms with Gasteiger partial charge in [0.2, 0.25) is 11.8 Å². The summed E-state index contributed by atoms with van der Waals surface area (Å²) in [5, 5.41) is 0. The van der Waals surface area contributed by atoms with E-state index in [1.165, 1.54) is 0 Å². The highest BCUT2D eigenvalue weighted by molar-refractivity contribution is 5.39. The molecule has 1 heterocycles. The zero-order chi connectivity index (χ0) is 13.1. The van der Waals surface area contributed by atoms with Crippen LogP contribution in [0.25, 0.3) is 0 Å². The van der Waals surface area contributed by atoms with Gasteiger partial charge in [-0.3, -0.25) is 5.43 Å². The lowest BCUT2D eigenvalue weighted by Gasteiger charge is -2.09. The molecule has 5 nitrogen and oxygen atoms in total. The van der Waals surface area contributed by atoms with E-state index in [9.17, 15) is 4.39 Å². The summed E-state index contributed by atoms with van der Waals surface area (Å²) in [5.41, 5.74) is 4.24. The van der Waals surface area contributed by atoms with Crippen LogP contribution < -0.4 is 16.0 Å². The minimum atomic E-state index is -0.644. The predicted octanol–water partition coefficient (Wildman–Crippen LogP) is 2.31. The van der Waals surface area contributed by atoms with Crippen LogP contribution in [0.2, 0.25) is 0 Å². The van der Waals surface area contributed by atoms with Gasteiger partial charge in [0.25, 0.3) is 5.88 Å². The lowest BCUT2D eigenvalue weighted by atomic mass is 10.1. The number of nitrogens with zero attached hydrogens (tertiary/aromatic N) is 2. The van der Waals surface area contributed by atoms with E-state index < -0.39 is 5.82 Å². The Morgan fingerprint density at radius 2 is 2.11 bits per heavy atom. The third-order valence-electron chi connectivity index (χ3n) is 2.38. The average molecular weight is 248 g/mol. The number of nitrogens with two attached hydrogens (primary N) is 1. The monoisotopic (exact) mass is 248 g/mol. The molecule has 0 saturated carbocycles. The number of aryl methyl sites for hydroxylation is 2. The normalized spacial score (nSPS) is 10.2. The molecule has 0 saturated heterocycles. The highest BCUT2D eigenvalue weighted by Gasteiger charge is 2.10. The van der Waals surface area contributed by atoms with E-state index in [0.29, 0.717) is 5.75 Å². The van der Waals surface area contributed by atoms with Crippen LogP contribution in [0.5, 0.6) is 11.6 Å². The maximum absolute atomic E-state index is 13.5. The van der Waals surface area contributed by atoms with Crippen molar-refractivity contribution in [2.24, 2.45) is 5.84 Å². The number of benzene rings is 1. The molecule has 0 amide bonds. The van der Waals surface area contributed by atoms with Crippen molar-refractivity contribution in [1.82, 2.24) is 9.97 Å². The van der Waals surface area contributed by atoms with Gasteiger partial charge in [0, 0.05) is 0 Å². The van der Waals surface area contributed by atoms with Crippen LogP contribution in [0.1, 0.15) is 11.1 Å². The Hall–Kier alpha value is -2.21. The van der Waals surface area contributed by atoms with Gasteiger partial charge < -0.3 is 4.74 Å². The number of nitrogens with one attached hydrogen (secondary N) is 1. The fourth-order valence-electron chi connectivity index (χ4n) is 1.51. The van der Waals surface area contributed by atoms with Gasteiger partial charge in [-0.05, 0) is 25.5 Å². The Bertz CT molecular complexity index is 574. The summed E-state index contributed by atoms with van der Waals surface area (Å²) in [6, 6.07) is 5.59. The Kier molecular flexibility index (Phi) is 3.38. The number of hydrogen-bond acceptors (Lipinski definition) is 5. The Morgan fingerprint density at radius 1 is 1.33 bits per heavy atom. The predicted molar refractivity (Wildman–Crippen MR) is 65.8 cm³/mol. The minimum Gasteiger partial charge on any atom is -0.436 e. The average Bonchev–Trinajstić information content (AvgIpc) is 2.35. The van der Waals surface area contributed by atoms with Crippen molar-refractivity contribution in [3.8, 4) is 11.6 Å². The minimum absolute atomic E-state index is 0.0937. The first-order valence-corrected chi connectivity index (χ1v) is 5.34. The smallest absolute Gasteiger partial charge is 0.260 e. The highest BCUT2D eigenvalue weighted by Crippen LogP contribution is 2.26. The van der Waals surface area contributed by atoms with Crippen LogP contribution in [-0.2, 0) is 0 Å². The van der Waals surface area contributed by atoms with Crippen LogP contribution in [-0.4, -0.2) is 9.97 Å². The zero-order valence-electron chi connectivity index (χ0n) is 10.1. The van der Waals surface area contributed by atoms with Crippen molar-refractivity contribution < 1.29 is 9.13 Å². The van der Waals surface area contributed by atoms with Crippen LogP contribution >= 0.6 is 0 Å². The second-order valence-corrected chi connectivity index (χ2v) is 3.86. The SMILES string of the molecule is Cc1ccc(Oc2nc(NN)ncc2F)c(C)c1. The number of rotatable bonds is 3. The molecule has 94 valence electrons. The first-order valence-electron chi connectivity index (χ1n) is 5.34. The number of ether oxygens (including phenoxy) is 1. The third kappa shape index (κ3) is 2.54. The van der Waals surface area contributed by atoms with Gasteiger partial charge in [-0.15, -0.1) is 0 Å². The standard InChI is InChI=1S/C12H13FN4O/c1-7-3-4-10(8(2)5-7)18-11-9(13)6-15-12(16-11)17-14/h3-6H,14H2,1-2H3,(H,15,16,17). The molecule has 0 atom stereocenters. The Morgan fingerprint density at radius 3 is 2.78 bits per heavy atom. The molecule has 2 aromatic rings. The topological polar surface area (TPSA) is 73.1 Å². The summed E-state index contributed by atoms with van der Waals surface area (Å²) < 4.78 is 18.9. The molecule has 0 fully saturated rings. The quantitative estimate of drug-likeness (QED) is 0.644. The van der Waals surface area contributed by atoms with E-state index in [1.807, 2.05) is 26.0 Å². The van der Waals surface area contributed by atoms with Crippen molar-refractivity contribution in [3.63, 3.8) is 0 Å². The molecule has 0 unspecified atom stereocenters. The van der Waals surface area contributed by atoms with Gasteiger partial charge in [-0.25, -0.2) is 10.8 Å². The molecule has 0 aliphatic heterocycles. The van der Waals surface area contributed by atoms with Crippen LogP contribution in [0.15, 0.2) is 24.4 Å². The number of nitrogen functional groups attached to an aromatic ring is 1. The van der Waals surface area contributed by atoms with Gasteiger partial charge >= 0.3 is 0 Å². The van der Waals surface area contributed by atoms with E-state index >= 15 is 0 Å². The van der Waals surface area contributed by atoms with Crippen molar-refractivity contribution in [2.45, 2.75) is 13.8 Å². The molecule has 6 heteroatoms. The zero-order valence-corrected chi connectivity index (χ0v) is 10.1. The Balaban J connectivity index is 2.33. The summed E-state index contributed by atoms with van der Waals surface area (Å²) in [4.78, 5) is 7.44. The van der Waals surface area contributed by atoms with E-state index in [2.05, 4.69) is 15.4 Å². The second-order valence-electron chi connectivity index (χ2n) is 3.86. The van der Waals surface area contributed by atoms with Gasteiger partial charge in [-0.1, -0.05) is 17.7 Å². The molecule has 0 bridgehead atoms. The summed E-state index contributed by atoms with van der Waals surface area (Å²) in [6.07, 6.45) is 1.00. The molecule has 1 aromatic carbocycles. The molecule has 1 aromatic heterocycles. The molecule has 3 N–H and O–H groups in total. The van der Waals surface area contributed by atoms with Crippen molar-refractivity contribution >= 4 is 5.95 Å². The lowest BCUT2D eigenvalue weighted by Crippen LogP contribution is -2.11. The number of anilines is 1. The van der Waals surface area contributed by atoms with Gasteiger partial charge in [-0.2, -0.15) is 9.37 Å². The fraction of sp³-hybridized carbons (Fsp3) is 0.167. The van der Waals surface area contributed by atoms with Crippen LogP contribution in [0.3, 0.4) is 0 Å². The molecular formula is C12H13FN4O. The maximum Gasteiger partial charge on any atom is 0.260 e. The second kappa shape index (κ2) is 4.97. The summed E-state index contributed by atoms with van der Waals surface area (Å²) in [6.45, 7) is 3.85. The van der Waals surface area contributed by atoms with Gasteiger partial charge in [0.1, 0.15) is 5.75 Å². The summed E-state index contributed by atoms with van der Waals surface area (Å²) in [7, 11) is 0. The lowest BCUT2D eigenvalue weighted by molar-refractivity contribution is 0.418. The van der Waals surface area contributed by atoms with Crippen LogP contribution in [0, 0.1) is 19.7 Å². The number of aromatic nitrogens is 2. The summed E-state index contributed by atoms with van der Waals surface area (Å²) in [5.74, 6) is 4.99. The van der Waals surface area contributed by atoms with E-state index in [-0.39, 0.29) is 11.8 Å². The van der Waals surface area contributed by atoms with E-state index in [1.54, 1.807) is 6.07 Å². The van der Waals surface area contributed by atoms with Crippen molar-refractivity contribution in [1.29, 1.82) is 0 Å². The Labute approximate surface area is 104 Å². The first kappa shape index (κ1) is 12.3. The van der Waals surface area contributed by atoms with Gasteiger partial charge in [0.05, 0.1) is 6.20 Å². The first-order chi connectivity index (χ1) is 8.60. The van der Waals surface area contributed by atoms with Crippen molar-refractivity contribution in [3.05, 3.63) is 41.3 Å². The van der Waals surface area contributed by atoms with Crippen molar-refractivity contribution in [2.75, 3.05) is 5.43 Å². The largest absolute Gasteiger partial charge is 0.436 e. The molecule has 0 spiro atoms. The number of halogens is 1. The molecule has 18 heavy (non-hydrogen) atoms. The maximum atomic E-state index is 13.5. The van der Waals surface area contributed by atoms with Crippen LogP contribution in [0.4, 0.5) is 10.3 Å². The molecule has 0 aliphatic carbocycles. The molecular weight excluding hydrogens is 235 g/mol. The third-order valence-corrected chi connectivity index (χ3v) is 2.38. The number of hydrogen-bond donors (Lipinski definition) is 2. The van der Waals surface area contributed by atoms with E-state index in [0.717, 1.165) is 17.3 Å². The molecule has 0 radical (unpaired) electrons. The van der Waals surface area contributed by atoms with E-state index in [4.69, 9.17) is 10.6 Å². The number of hydrazine groups is 1. The fourth-order valence-corrected chi connectivity index (χ4v) is 1.51. The van der Waals surface area contributed by atoms with Gasteiger partial charge in [0.15, 0.2) is 0 Å².